The van der Waals surface area contributed by atoms with Crippen molar-refractivity contribution < 1.29 is 26.7 Å². The van der Waals surface area contributed by atoms with Gasteiger partial charge in [-0.15, -0.1) is 0 Å². The van der Waals surface area contributed by atoms with Crippen molar-refractivity contribution in [2.24, 2.45) is 0 Å². The maximum absolute atomic E-state index is 12.9. The van der Waals surface area contributed by atoms with E-state index in [1.165, 1.54) is 30.6 Å². The highest BCUT2D eigenvalue weighted by atomic mass is 32.2. The van der Waals surface area contributed by atoms with Crippen molar-refractivity contribution >= 4 is 21.4 Å². The second-order valence-electron chi connectivity index (χ2n) is 6.57. The lowest BCUT2D eigenvalue weighted by Gasteiger charge is -2.11. The van der Waals surface area contributed by atoms with Gasteiger partial charge in [-0.3, -0.25) is 9.36 Å². The summed E-state index contributed by atoms with van der Waals surface area (Å²) in [6, 6.07) is 12.5. The van der Waals surface area contributed by atoms with E-state index in [-0.39, 0.29) is 11.4 Å². The number of nitrogens with one attached hydrogen (secondary N) is 1. The molecule has 4 aromatic rings. The average Bonchev–Trinajstić information content (AvgIpc) is 3.35. The summed E-state index contributed by atoms with van der Waals surface area (Å²) in [6.07, 6.45) is 6.24. The highest BCUT2D eigenvalue weighted by Gasteiger charge is 2.30. The molecule has 0 saturated carbocycles. The molecule has 1 amide bonds. The van der Waals surface area contributed by atoms with E-state index in [2.05, 4.69) is 20.3 Å². The molecule has 9 nitrogen and oxygen atoms in total. The summed E-state index contributed by atoms with van der Waals surface area (Å²) in [6.45, 7) is 0. The molecule has 0 aliphatic rings. The highest BCUT2D eigenvalue weighted by Crippen LogP contribution is 2.25. The Morgan fingerprint density at radius 3 is 2.52 bits per heavy atom. The standard InChI is InChI=1S/C21H15F2N5O4S/c22-21(23)33(30,31)17-4-2-1-3-16(17)20(29)27-14-5-7-15(8-6-14)32-19-11-18(25-12-26-19)28-10-9-24-13-28/h1-13,21H,(H,27,29). The van der Waals surface area contributed by atoms with E-state index in [0.29, 0.717) is 17.3 Å². The van der Waals surface area contributed by atoms with Crippen molar-refractivity contribution in [3.63, 3.8) is 0 Å². The highest BCUT2D eigenvalue weighted by molar-refractivity contribution is 7.91. The Morgan fingerprint density at radius 1 is 1.06 bits per heavy atom. The molecular formula is C21H15F2N5O4S. The summed E-state index contributed by atoms with van der Waals surface area (Å²) in [7, 11) is -4.94. The smallest absolute Gasteiger partial charge is 0.341 e. The number of carbonyl (C=O) groups excluding carboxylic acids is 1. The molecule has 0 spiro atoms. The molecule has 0 aliphatic carbocycles. The third-order valence-corrected chi connectivity index (χ3v) is 5.84. The van der Waals surface area contributed by atoms with Gasteiger partial charge in [0, 0.05) is 24.1 Å². The molecule has 0 saturated heterocycles. The number of rotatable bonds is 7. The topological polar surface area (TPSA) is 116 Å². The van der Waals surface area contributed by atoms with Crippen molar-refractivity contribution in [2.75, 3.05) is 5.32 Å². The Balaban J connectivity index is 1.48. The molecule has 0 atom stereocenters. The minimum absolute atomic E-state index is 0.275. The molecular weight excluding hydrogens is 456 g/mol. The Morgan fingerprint density at radius 2 is 1.82 bits per heavy atom. The molecule has 0 bridgehead atoms. The molecule has 2 heterocycles. The van der Waals surface area contributed by atoms with Crippen molar-refractivity contribution in [1.29, 1.82) is 0 Å². The van der Waals surface area contributed by atoms with Gasteiger partial charge in [0.15, 0.2) is 0 Å². The number of amides is 1. The van der Waals surface area contributed by atoms with Crippen LogP contribution >= 0.6 is 0 Å². The second-order valence-corrected chi connectivity index (χ2v) is 8.45. The van der Waals surface area contributed by atoms with Crippen LogP contribution in [0.5, 0.6) is 11.6 Å². The van der Waals surface area contributed by atoms with E-state index in [4.69, 9.17) is 4.74 Å². The fourth-order valence-electron chi connectivity index (χ4n) is 2.85. The molecule has 2 aromatic carbocycles. The number of hydrogen-bond donors (Lipinski definition) is 1. The molecule has 4 rings (SSSR count). The lowest BCUT2D eigenvalue weighted by atomic mass is 10.2. The predicted octanol–water partition coefficient (Wildman–Crippen LogP) is 3.70. The number of nitrogens with zero attached hydrogens (tertiary/aromatic N) is 4. The fraction of sp³-hybridized carbons (Fsp3) is 0.0476. The van der Waals surface area contributed by atoms with E-state index in [1.807, 2.05) is 0 Å². The third kappa shape index (κ3) is 4.85. The zero-order valence-electron chi connectivity index (χ0n) is 16.7. The lowest BCUT2D eigenvalue weighted by Crippen LogP contribution is -2.19. The van der Waals surface area contributed by atoms with Gasteiger partial charge < -0.3 is 10.1 Å². The maximum Gasteiger partial charge on any atom is 0.341 e. The Kier molecular flexibility index (Phi) is 6.09. The molecule has 0 unspecified atom stereocenters. The Labute approximate surface area is 186 Å². The van der Waals surface area contributed by atoms with Gasteiger partial charge in [0.2, 0.25) is 15.7 Å². The van der Waals surface area contributed by atoms with E-state index < -0.39 is 26.4 Å². The number of benzene rings is 2. The van der Waals surface area contributed by atoms with Gasteiger partial charge >= 0.3 is 5.76 Å². The fourth-order valence-corrected chi connectivity index (χ4v) is 3.77. The quantitative estimate of drug-likeness (QED) is 0.437. The molecule has 12 heteroatoms. The van der Waals surface area contributed by atoms with Gasteiger partial charge in [-0.2, -0.15) is 8.78 Å². The van der Waals surface area contributed by atoms with Crippen LogP contribution in [0.1, 0.15) is 10.4 Å². The minimum atomic E-state index is -4.94. The monoisotopic (exact) mass is 471 g/mol. The van der Waals surface area contributed by atoms with E-state index in [1.54, 1.807) is 41.5 Å². The number of alkyl halides is 2. The van der Waals surface area contributed by atoms with Gasteiger partial charge in [-0.1, -0.05) is 12.1 Å². The molecule has 1 N–H and O–H groups in total. The number of anilines is 1. The van der Waals surface area contributed by atoms with Crippen molar-refractivity contribution in [1.82, 2.24) is 19.5 Å². The molecule has 0 radical (unpaired) electrons. The molecule has 33 heavy (non-hydrogen) atoms. The first-order valence-corrected chi connectivity index (χ1v) is 10.9. The van der Waals surface area contributed by atoms with Gasteiger partial charge in [0.25, 0.3) is 5.91 Å². The summed E-state index contributed by atoms with van der Waals surface area (Å²) in [4.78, 5) is 23.9. The number of imidazole rings is 1. The Hall–Kier alpha value is -4.19. The predicted molar refractivity (Wildman–Crippen MR) is 113 cm³/mol. The van der Waals surface area contributed by atoms with Crippen molar-refractivity contribution in [3.8, 4) is 17.4 Å². The Bertz CT molecular complexity index is 1380. The van der Waals surface area contributed by atoms with Gasteiger partial charge in [-0.05, 0) is 36.4 Å². The summed E-state index contributed by atoms with van der Waals surface area (Å²) in [5.74, 6) is -3.25. The number of sulfone groups is 1. The lowest BCUT2D eigenvalue weighted by molar-refractivity contribution is 0.102. The average molecular weight is 471 g/mol. The molecule has 168 valence electrons. The summed E-state index contributed by atoms with van der Waals surface area (Å²) >= 11 is 0. The van der Waals surface area contributed by atoms with Crippen LogP contribution in [0.25, 0.3) is 5.82 Å². The van der Waals surface area contributed by atoms with Crippen LogP contribution in [0.4, 0.5) is 14.5 Å². The first-order chi connectivity index (χ1) is 15.8. The third-order valence-electron chi connectivity index (χ3n) is 4.40. The number of ether oxygens (including phenoxy) is 1. The minimum Gasteiger partial charge on any atom is -0.439 e. The number of aromatic nitrogens is 4. The first-order valence-electron chi connectivity index (χ1n) is 9.35. The van der Waals surface area contributed by atoms with Gasteiger partial charge in [0.05, 0.1) is 10.5 Å². The summed E-state index contributed by atoms with van der Waals surface area (Å²) < 4.78 is 57.0. The number of halogens is 2. The molecule has 0 fully saturated rings. The number of hydrogen-bond acceptors (Lipinski definition) is 7. The van der Waals surface area contributed by atoms with Crippen LogP contribution < -0.4 is 10.1 Å². The zero-order valence-corrected chi connectivity index (χ0v) is 17.5. The largest absolute Gasteiger partial charge is 0.439 e. The van der Waals surface area contributed by atoms with E-state index >= 15 is 0 Å². The van der Waals surface area contributed by atoms with Crippen LogP contribution in [-0.4, -0.2) is 39.6 Å². The van der Waals surface area contributed by atoms with Gasteiger partial charge in [0.1, 0.15) is 24.2 Å². The van der Waals surface area contributed by atoms with Crippen LogP contribution in [0.2, 0.25) is 0 Å². The van der Waals surface area contributed by atoms with Crippen LogP contribution in [-0.2, 0) is 9.84 Å². The van der Waals surface area contributed by atoms with Crippen molar-refractivity contribution in [2.45, 2.75) is 10.7 Å². The maximum atomic E-state index is 12.9. The SMILES string of the molecule is O=C(Nc1ccc(Oc2cc(-n3ccnc3)ncn2)cc1)c1ccccc1S(=O)(=O)C(F)F. The van der Waals surface area contributed by atoms with E-state index in [0.717, 1.165) is 12.1 Å². The van der Waals surface area contributed by atoms with Crippen LogP contribution in [0.15, 0.2) is 84.5 Å². The first kappa shape index (κ1) is 22.0. The van der Waals surface area contributed by atoms with Crippen molar-refractivity contribution in [3.05, 3.63) is 85.2 Å². The number of carbonyl (C=O) groups is 1. The van der Waals surface area contributed by atoms with Gasteiger partial charge in [-0.25, -0.2) is 23.4 Å². The zero-order chi connectivity index (χ0) is 23.4. The second kappa shape index (κ2) is 9.12. The van der Waals surface area contributed by atoms with Crippen LogP contribution in [0, 0.1) is 0 Å². The normalized spacial score (nSPS) is 11.4. The molecule has 0 aliphatic heterocycles. The van der Waals surface area contributed by atoms with Crippen LogP contribution in [0.3, 0.4) is 0 Å². The summed E-state index contributed by atoms with van der Waals surface area (Å²) in [5, 5.41) is 2.49. The molecule has 2 aromatic heterocycles. The summed E-state index contributed by atoms with van der Waals surface area (Å²) in [5.41, 5.74) is -0.0791. The van der Waals surface area contributed by atoms with E-state index in [9.17, 15) is 22.0 Å².